The normalized spacial score (nSPS) is 14.5. The van der Waals surface area contributed by atoms with Crippen LogP contribution in [0.2, 0.25) is 0 Å². The number of hydrogen-bond donors (Lipinski definition) is 1. The van der Waals surface area contributed by atoms with Crippen LogP contribution < -0.4 is 5.32 Å². The molecule has 0 saturated carbocycles. The van der Waals surface area contributed by atoms with Gasteiger partial charge in [0.2, 0.25) is 5.91 Å². The standard InChI is InChI=1S/C22H24N2O5S/c1-3-19(15-10-12-16(13-11-15)30(2,28)29)23-20(25)9-6-14-24-21(26)17-7-4-5-8-18(17)22(24)27/h4-5,7-8,10-13,19H,3,6,9,14H2,1-2H3,(H,23,25)/t19-/m1/s1. The van der Waals surface area contributed by atoms with E-state index < -0.39 is 9.84 Å². The Morgan fingerprint density at radius 2 is 1.57 bits per heavy atom. The second-order valence-corrected chi connectivity index (χ2v) is 9.30. The zero-order valence-electron chi connectivity index (χ0n) is 16.9. The molecule has 1 N–H and O–H groups in total. The quantitative estimate of drug-likeness (QED) is 0.652. The lowest BCUT2D eigenvalue weighted by molar-refractivity contribution is -0.122. The number of rotatable bonds is 8. The molecule has 1 aliphatic heterocycles. The molecule has 1 heterocycles. The fourth-order valence-electron chi connectivity index (χ4n) is 3.47. The molecular weight excluding hydrogens is 404 g/mol. The lowest BCUT2D eigenvalue weighted by Crippen LogP contribution is -2.32. The summed E-state index contributed by atoms with van der Waals surface area (Å²) in [5.74, 6) is -0.840. The van der Waals surface area contributed by atoms with Gasteiger partial charge in [-0.05, 0) is 42.7 Å². The fraction of sp³-hybridized carbons (Fsp3) is 0.318. The van der Waals surface area contributed by atoms with Crippen LogP contribution in [-0.2, 0) is 14.6 Å². The van der Waals surface area contributed by atoms with Crippen molar-refractivity contribution in [1.82, 2.24) is 10.2 Å². The smallest absolute Gasteiger partial charge is 0.261 e. The van der Waals surface area contributed by atoms with Gasteiger partial charge in [-0.1, -0.05) is 31.2 Å². The van der Waals surface area contributed by atoms with Gasteiger partial charge in [0.15, 0.2) is 9.84 Å². The zero-order valence-corrected chi connectivity index (χ0v) is 17.7. The van der Waals surface area contributed by atoms with E-state index in [-0.39, 0.29) is 41.6 Å². The first-order chi connectivity index (χ1) is 14.2. The molecule has 2 aromatic carbocycles. The molecule has 30 heavy (non-hydrogen) atoms. The first-order valence-electron chi connectivity index (χ1n) is 9.77. The largest absolute Gasteiger partial charge is 0.349 e. The molecule has 3 rings (SSSR count). The van der Waals surface area contributed by atoms with E-state index in [2.05, 4.69) is 5.32 Å². The van der Waals surface area contributed by atoms with Crippen LogP contribution in [-0.4, -0.2) is 43.8 Å². The predicted octanol–water partition coefficient (Wildman–Crippen LogP) is 2.73. The van der Waals surface area contributed by atoms with E-state index in [4.69, 9.17) is 0 Å². The summed E-state index contributed by atoms with van der Waals surface area (Å²) in [5.41, 5.74) is 1.62. The summed E-state index contributed by atoms with van der Waals surface area (Å²) in [5, 5.41) is 2.93. The molecule has 158 valence electrons. The van der Waals surface area contributed by atoms with Crippen molar-refractivity contribution < 1.29 is 22.8 Å². The van der Waals surface area contributed by atoms with Crippen molar-refractivity contribution in [2.24, 2.45) is 0 Å². The summed E-state index contributed by atoms with van der Waals surface area (Å²) in [4.78, 5) is 38.5. The first kappa shape index (κ1) is 21.7. The van der Waals surface area contributed by atoms with Crippen LogP contribution in [0.3, 0.4) is 0 Å². The van der Waals surface area contributed by atoms with E-state index >= 15 is 0 Å². The lowest BCUT2D eigenvalue weighted by atomic mass is 10.0. The molecule has 0 aliphatic carbocycles. The second-order valence-electron chi connectivity index (χ2n) is 7.28. The molecule has 0 bridgehead atoms. The molecule has 0 aromatic heterocycles. The Balaban J connectivity index is 1.54. The van der Waals surface area contributed by atoms with Crippen LogP contribution in [0.5, 0.6) is 0 Å². The van der Waals surface area contributed by atoms with Gasteiger partial charge in [0.05, 0.1) is 22.1 Å². The summed E-state index contributed by atoms with van der Waals surface area (Å²) in [6, 6.07) is 12.9. The van der Waals surface area contributed by atoms with Gasteiger partial charge in [-0.15, -0.1) is 0 Å². The topological polar surface area (TPSA) is 101 Å². The Labute approximate surface area is 176 Å². The molecule has 1 atom stereocenters. The first-order valence-corrected chi connectivity index (χ1v) is 11.7. The number of amides is 3. The van der Waals surface area contributed by atoms with Gasteiger partial charge in [-0.2, -0.15) is 0 Å². The minimum Gasteiger partial charge on any atom is -0.349 e. The third-order valence-corrected chi connectivity index (χ3v) is 6.25. The summed E-state index contributed by atoms with van der Waals surface area (Å²) < 4.78 is 23.2. The van der Waals surface area contributed by atoms with Crippen molar-refractivity contribution in [2.75, 3.05) is 12.8 Å². The van der Waals surface area contributed by atoms with Crippen molar-refractivity contribution in [3.63, 3.8) is 0 Å². The molecule has 3 amide bonds. The molecule has 0 saturated heterocycles. The summed E-state index contributed by atoms with van der Waals surface area (Å²) in [6.45, 7) is 2.10. The number of imide groups is 1. The average Bonchev–Trinajstić information content (AvgIpc) is 2.96. The molecule has 0 fully saturated rings. The summed E-state index contributed by atoms with van der Waals surface area (Å²) in [7, 11) is -3.27. The van der Waals surface area contributed by atoms with E-state index in [0.29, 0.717) is 24.0 Å². The molecule has 2 aromatic rings. The van der Waals surface area contributed by atoms with Gasteiger partial charge in [0.1, 0.15) is 0 Å². The van der Waals surface area contributed by atoms with Crippen molar-refractivity contribution >= 4 is 27.6 Å². The van der Waals surface area contributed by atoms with E-state index in [9.17, 15) is 22.8 Å². The maximum atomic E-state index is 12.4. The Morgan fingerprint density at radius 1 is 1.00 bits per heavy atom. The summed E-state index contributed by atoms with van der Waals surface area (Å²) in [6.07, 6.45) is 2.32. The number of carbonyl (C=O) groups is 3. The number of nitrogens with zero attached hydrogens (tertiary/aromatic N) is 1. The fourth-order valence-corrected chi connectivity index (χ4v) is 4.11. The highest BCUT2D eigenvalue weighted by atomic mass is 32.2. The molecule has 0 unspecified atom stereocenters. The summed E-state index contributed by atoms with van der Waals surface area (Å²) >= 11 is 0. The minimum atomic E-state index is -3.27. The molecule has 0 spiro atoms. The molecular formula is C22H24N2O5S. The minimum absolute atomic E-state index is 0.172. The molecule has 8 heteroatoms. The number of benzene rings is 2. The van der Waals surface area contributed by atoms with Gasteiger partial charge < -0.3 is 5.32 Å². The van der Waals surface area contributed by atoms with Crippen molar-refractivity contribution in [3.05, 3.63) is 65.2 Å². The highest BCUT2D eigenvalue weighted by Crippen LogP contribution is 2.23. The third kappa shape index (κ3) is 4.59. The Morgan fingerprint density at radius 3 is 2.07 bits per heavy atom. The maximum absolute atomic E-state index is 12.4. The van der Waals surface area contributed by atoms with Crippen LogP contribution >= 0.6 is 0 Å². The number of nitrogens with one attached hydrogen (secondary N) is 1. The van der Waals surface area contributed by atoms with Crippen LogP contribution in [0.25, 0.3) is 0 Å². The van der Waals surface area contributed by atoms with E-state index in [1.54, 1.807) is 36.4 Å². The van der Waals surface area contributed by atoms with Crippen LogP contribution in [0.4, 0.5) is 0 Å². The van der Waals surface area contributed by atoms with Crippen LogP contribution in [0.1, 0.15) is 58.5 Å². The Hall–Kier alpha value is -3.00. The molecule has 0 radical (unpaired) electrons. The molecule has 1 aliphatic rings. The third-order valence-electron chi connectivity index (χ3n) is 5.12. The Bertz CT molecular complexity index is 1040. The van der Waals surface area contributed by atoms with Gasteiger partial charge in [-0.3, -0.25) is 19.3 Å². The predicted molar refractivity (Wildman–Crippen MR) is 112 cm³/mol. The van der Waals surface area contributed by atoms with Crippen molar-refractivity contribution in [1.29, 1.82) is 0 Å². The number of sulfone groups is 1. The van der Waals surface area contributed by atoms with Crippen LogP contribution in [0.15, 0.2) is 53.4 Å². The van der Waals surface area contributed by atoms with Gasteiger partial charge >= 0.3 is 0 Å². The average molecular weight is 429 g/mol. The van der Waals surface area contributed by atoms with E-state index in [1.165, 1.54) is 17.0 Å². The number of hydrogen-bond acceptors (Lipinski definition) is 5. The maximum Gasteiger partial charge on any atom is 0.261 e. The SMILES string of the molecule is CC[C@@H](NC(=O)CCCN1C(=O)c2ccccc2C1=O)c1ccc(S(C)(=O)=O)cc1. The van der Waals surface area contributed by atoms with Gasteiger partial charge in [-0.25, -0.2) is 8.42 Å². The Kier molecular flexibility index (Phi) is 6.36. The van der Waals surface area contributed by atoms with E-state index in [0.717, 1.165) is 11.8 Å². The van der Waals surface area contributed by atoms with E-state index in [1.807, 2.05) is 6.92 Å². The van der Waals surface area contributed by atoms with Crippen LogP contribution in [0, 0.1) is 0 Å². The monoisotopic (exact) mass is 428 g/mol. The van der Waals surface area contributed by atoms with Crippen molar-refractivity contribution in [3.8, 4) is 0 Å². The number of carbonyl (C=O) groups excluding carboxylic acids is 3. The number of fused-ring (bicyclic) bond motifs is 1. The van der Waals surface area contributed by atoms with Gasteiger partial charge in [0.25, 0.3) is 11.8 Å². The van der Waals surface area contributed by atoms with Gasteiger partial charge in [0, 0.05) is 19.2 Å². The highest BCUT2D eigenvalue weighted by molar-refractivity contribution is 7.90. The highest BCUT2D eigenvalue weighted by Gasteiger charge is 2.34. The lowest BCUT2D eigenvalue weighted by Gasteiger charge is -2.18. The van der Waals surface area contributed by atoms with Crippen molar-refractivity contribution in [2.45, 2.75) is 37.1 Å². The zero-order chi connectivity index (χ0) is 21.9. The second kappa shape index (κ2) is 8.79. The molecule has 7 nitrogen and oxygen atoms in total.